The van der Waals surface area contributed by atoms with Gasteiger partial charge in [-0.15, -0.1) is 0 Å². The number of carboxylic acid groups (broad SMARTS) is 1. The first-order chi connectivity index (χ1) is 19.4. The van der Waals surface area contributed by atoms with Gasteiger partial charge in [0.05, 0.1) is 12.6 Å². The summed E-state index contributed by atoms with van der Waals surface area (Å²) in [7, 11) is 0. The Balaban J connectivity index is 1.50. The quantitative estimate of drug-likeness (QED) is 0.233. The van der Waals surface area contributed by atoms with Crippen molar-refractivity contribution >= 4 is 29.7 Å². The van der Waals surface area contributed by atoms with Crippen LogP contribution in [-0.2, 0) is 19.2 Å². The van der Waals surface area contributed by atoms with Gasteiger partial charge in [-0.05, 0) is 49.9 Å². The summed E-state index contributed by atoms with van der Waals surface area (Å²) < 4.78 is 0. The summed E-state index contributed by atoms with van der Waals surface area (Å²) in [6.45, 7) is 9.31. The van der Waals surface area contributed by atoms with E-state index in [2.05, 4.69) is 22.9 Å². The Morgan fingerprint density at radius 1 is 1.05 bits per heavy atom. The van der Waals surface area contributed by atoms with Gasteiger partial charge in [0.25, 0.3) is 0 Å². The summed E-state index contributed by atoms with van der Waals surface area (Å²) in [5.74, 6) is -1.83. The molecule has 232 valence electrons. The van der Waals surface area contributed by atoms with E-state index in [1.807, 2.05) is 20.8 Å². The van der Waals surface area contributed by atoms with Gasteiger partial charge >= 0.3 is 12.0 Å². The van der Waals surface area contributed by atoms with Crippen LogP contribution in [0.15, 0.2) is 0 Å². The summed E-state index contributed by atoms with van der Waals surface area (Å²) >= 11 is 0. The number of rotatable bonds is 14. The summed E-state index contributed by atoms with van der Waals surface area (Å²) in [6.07, 6.45) is 10.1. The molecule has 3 fully saturated rings. The second-order valence-corrected chi connectivity index (χ2v) is 13.2. The van der Waals surface area contributed by atoms with Crippen molar-refractivity contribution in [3.05, 3.63) is 0 Å². The Kier molecular flexibility index (Phi) is 11.4. The smallest absolute Gasteiger partial charge is 0.329 e. The number of carboxylic acids is 1. The molecule has 3 rings (SSSR count). The van der Waals surface area contributed by atoms with Gasteiger partial charge in [-0.1, -0.05) is 59.8 Å². The van der Waals surface area contributed by atoms with E-state index in [0.717, 1.165) is 44.9 Å². The van der Waals surface area contributed by atoms with E-state index in [9.17, 15) is 29.1 Å². The normalized spacial score (nSPS) is 25.0. The number of aliphatic carboxylic acids is 1. The highest BCUT2D eigenvalue weighted by Gasteiger charge is 2.61. The van der Waals surface area contributed by atoms with Crippen LogP contribution >= 0.6 is 0 Å². The second-order valence-electron chi connectivity index (χ2n) is 13.2. The maximum atomic E-state index is 13.2. The van der Waals surface area contributed by atoms with Crippen LogP contribution < -0.4 is 16.0 Å². The maximum absolute atomic E-state index is 13.2. The molecule has 0 aromatic rings. The monoisotopic (exact) mass is 577 g/mol. The highest BCUT2D eigenvalue weighted by molar-refractivity contribution is 5.95. The lowest BCUT2D eigenvalue weighted by Crippen LogP contribution is -2.56. The Labute approximate surface area is 244 Å². The Morgan fingerprint density at radius 3 is 2.44 bits per heavy atom. The summed E-state index contributed by atoms with van der Waals surface area (Å²) in [4.78, 5) is 66.6. The maximum Gasteiger partial charge on any atom is 0.329 e. The van der Waals surface area contributed by atoms with Gasteiger partial charge in [-0.3, -0.25) is 14.4 Å². The minimum Gasteiger partial charge on any atom is -0.479 e. The van der Waals surface area contributed by atoms with Gasteiger partial charge in [0.15, 0.2) is 0 Å². The van der Waals surface area contributed by atoms with Crippen LogP contribution in [0.2, 0.25) is 0 Å². The molecule has 3 aliphatic rings. The van der Waals surface area contributed by atoms with E-state index in [-0.39, 0.29) is 35.7 Å². The van der Waals surface area contributed by atoms with E-state index in [0.29, 0.717) is 45.3 Å². The molecule has 1 aliphatic carbocycles. The fourth-order valence-corrected chi connectivity index (χ4v) is 6.06. The third kappa shape index (κ3) is 8.82. The molecular weight excluding hydrogens is 526 g/mol. The van der Waals surface area contributed by atoms with Crippen molar-refractivity contribution in [2.24, 2.45) is 11.3 Å². The zero-order valence-electron chi connectivity index (χ0n) is 25.4. The van der Waals surface area contributed by atoms with Crippen molar-refractivity contribution in [1.82, 2.24) is 25.8 Å². The fourth-order valence-electron chi connectivity index (χ4n) is 6.06. The van der Waals surface area contributed by atoms with Crippen molar-refractivity contribution in [2.45, 2.75) is 122 Å². The predicted octanol–water partition coefficient (Wildman–Crippen LogP) is 3.02. The molecule has 2 aliphatic heterocycles. The number of nitrogens with zero attached hydrogens (tertiary/aromatic N) is 2. The Hall–Kier alpha value is -2.85. The number of nitrogens with one attached hydrogen (secondary N) is 3. The number of hydrogen-bond acceptors (Lipinski definition) is 5. The molecule has 0 bridgehead atoms. The number of likely N-dealkylation sites (tertiary alicyclic amines) is 2. The molecular formula is C30H51N5O6. The molecule has 11 heteroatoms. The first-order valence-electron chi connectivity index (χ1n) is 15.6. The number of urea groups is 1. The average Bonchev–Trinajstić information content (AvgIpc) is 3.37. The lowest BCUT2D eigenvalue weighted by molar-refractivity contribution is -0.145. The van der Waals surface area contributed by atoms with Crippen LogP contribution in [0.1, 0.15) is 105 Å². The SMILES string of the molecule is CCCCCCCC1C[C@]1(NC(=O)[C@@H]1CCCN1C(=O)CNC(=O)N[C@H](CN1CCCCC1=O)C(C)(C)C)C(=O)O. The van der Waals surface area contributed by atoms with Crippen LogP contribution in [0.4, 0.5) is 4.79 Å². The molecule has 1 saturated carbocycles. The van der Waals surface area contributed by atoms with Gasteiger partial charge in [-0.2, -0.15) is 0 Å². The second kappa shape index (κ2) is 14.4. The van der Waals surface area contributed by atoms with Crippen LogP contribution in [0.25, 0.3) is 0 Å². The van der Waals surface area contributed by atoms with Crippen molar-refractivity contribution in [2.75, 3.05) is 26.2 Å². The fraction of sp³-hybridized carbons (Fsp3) is 0.833. The number of hydrogen-bond donors (Lipinski definition) is 4. The van der Waals surface area contributed by atoms with E-state index < -0.39 is 29.5 Å². The molecule has 5 amide bonds. The molecule has 0 radical (unpaired) electrons. The third-order valence-corrected chi connectivity index (χ3v) is 8.94. The van der Waals surface area contributed by atoms with Crippen molar-refractivity contribution in [3.8, 4) is 0 Å². The van der Waals surface area contributed by atoms with Crippen LogP contribution in [0.3, 0.4) is 0 Å². The number of amides is 5. The minimum atomic E-state index is -1.24. The minimum absolute atomic E-state index is 0.0857. The molecule has 11 nitrogen and oxygen atoms in total. The van der Waals surface area contributed by atoms with E-state index in [1.54, 1.807) is 4.90 Å². The van der Waals surface area contributed by atoms with Gasteiger partial charge in [0, 0.05) is 26.1 Å². The molecule has 1 unspecified atom stereocenters. The zero-order valence-corrected chi connectivity index (χ0v) is 25.4. The highest BCUT2D eigenvalue weighted by atomic mass is 16.4. The van der Waals surface area contributed by atoms with Crippen LogP contribution in [0, 0.1) is 11.3 Å². The zero-order chi connectivity index (χ0) is 30.2. The van der Waals surface area contributed by atoms with E-state index in [4.69, 9.17) is 0 Å². The van der Waals surface area contributed by atoms with E-state index in [1.165, 1.54) is 11.3 Å². The molecule has 0 spiro atoms. The standard InChI is InChI=1S/C30H51N5O6/c1-5-6-7-8-9-13-21-18-30(21,27(39)40)33-26(38)22-14-12-17-35(22)25(37)19-31-28(41)32-23(29(2,3)4)20-34-16-11-10-15-24(34)36/h21-23H,5-20H2,1-4H3,(H,33,38)(H,39,40)(H2,31,32,41)/t21?,22-,23+,30+/m0/s1. The number of unbranched alkanes of at least 4 members (excludes halogenated alkanes) is 4. The first-order valence-corrected chi connectivity index (χ1v) is 15.6. The van der Waals surface area contributed by atoms with Gasteiger partial charge in [0.1, 0.15) is 11.6 Å². The van der Waals surface area contributed by atoms with Crippen molar-refractivity contribution in [3.63, 3.8) is 0 Å². The summed E-state index contributed by atoms with van der Waals surface area (Å²) in [6, 6.07) is -1.57. The molecule has 2 heterocycles. The predicted molar refractivity (Wildman–Crippen MR) is 155 cm³/mol. The molecule has 4 atom stereocenters. The molecule has 41 heavy (non-hydrogen) atoms. The van der Waals surface area contributed by atoms with Crippen LogP contribution in [0.5, 0.6) is 0 Å². The number of piperidine rings is 1. The summed E-state index contributed by atoms with van der Waals surface area (Å²) in [5.41, 5.74) is -1.55. The number of carbonyl (C=O) groups excluding carboxylic acids is 4. The lowest BCUT2D eigenvalue weighted by Gasteiger charge is -2.37. The van der Waals surface area contributed by atoms with Gasteiger partial charge < -0.3 is 30.9 Å². The topological polar surface area (TPSA) is 148 Å². The largest absolute Gasteiger partial charge is 0.479 e. The molecule has 0 aromatic heterocycles. The summed E-state index contributed by atoms with van der Waals surface area (Å²) in [5, 5.41) is 18.2. The van der Waals surface area contributed by atoms with Gasteiger partial charge in [-0.25, -0.2) is 9.59 Å². The average molecular weight is 578 g/mol. The lowest BCUT2D eigenvalue weighted by atomic mass is 9.86. The van der Waals surface area contributed by atoms with Crippen LogP contribution in [-0.4, -0.2) is 88.4 Å². The number of carbonyl (C=O) groups is 5. The Bertz CT molecular complexity index is 966. The first kappa shape index (κ1) is 32.7. The molecule has 0 aromatic carbocycles. The van der Waals surface area contributed by atoms with Crippen molar-refractivity contribution < 1.29 is 29.1 Å². The van der Waals surface area contributed by atoms with Crippen molar-refractivity contribution in [1.29, 1.82) is 0 Å². The third-order valence-electron chi connectivity index (χ3n) is 8.94. The molecule has 2 saturated heterocycles. The molecule has 4 N–H and O–H groups in total. The highest BCUT2D eigenvalue weighted by Crippen LogP contribution is 2.47. The van der Waals surface area contributed by atoms with E-state index >= 15 is 0 Å². The Morgan fingerprint density at radius 2 is 1.78 bits per heavy atom. The van der Waals surface area contributed by atoms with Gasteiger partial charge in [0.2, 0.25) is 17.7 Å².